The van der Waals surface area contributed by atoms with Crippen molar-refractivity contribution in [1.82, 2.24) is 0 Å². The highest BCUT2D eigenvalue weighted by molar-refractivity contribution is 6.39. The number of carbonyl (C=O) groups excluding carboxylic acids is 3. The van der Waals surface area contributed by atoms with Crippen molar-refractivity contribution in [2.24, 2.45) is 11.8 Å². The molecule has 2 amide bonds. The average Bonchev–Trinajstić information content (AvgIpc) is 3.70. The van der Waals surface area contributed by atoms with E-state index >= 15 is 14.4 Å². The number of rotatable bonds is 9. The second kappa shape index (κ2) is 12.1. The van der Waals surface area contributed by atoms with Crippen molar-refractivity contribution in [3.63, 3.8) is 0 Å². The number of nitrogens with zero attached hydrogens (tertiary/aromatic N) is 2. The Morgan fingerprint density at radius 1 is 0.577 bits per heavy atom. The van der Waals surface area contributed by atoms with E-state index in [9.17, 15) is 10.1 Å². The lowest BCUT2D eigenvalue weighted by Crippen LogP contribution is -2.45. The number of ketones is 1. The summed E-state index contributed by atoms with van der Waals surface area (Å²) in [6, 6.07) is 36.7. The minimum atomic E-state index is -1.69. The lowest BCUT2D eigenvalue weighted by molar-refractivity contribution is -0.384. The van der Waals surface area contributed by atoms with Gasteiger partial charge >= 0.3 is 0 Å². The van der Waals surface area contributed by atoms with Gasteiger partial charge in [-0.3, -0.25) is 24.5 Å². The average molecular weight is 693 g/mol. The topological polar surface area (TPSA) is 125 Å². The summed E-state index contributed by atoms with van der Waals surface area (Å²) < 4.78 is 16.2. The first-order valence-corrected chi connectivity index (χ1v) is 16.6. The molecule has 3 aliphatic rings. The van der Waals surface area contributed by atoms with E-state index in [1.54, 1.807) is 62.8 Å². The number of hydrogen-bond donors (Lipinski definition) is 0. The second-order valence-corrected chi connectivity index (χ2v) is 13.0. The number of allylic oxidation sites excluding steroid dienone is 2. The van der Waals surface area contributed by atoms with Gasteiger partial charge in [0.15, 0.2) is 5.78 Å². The van der Waals surface area contributed by atoms with E-state index in [2.05, 4.69) is 0 Å². The Hall–Kier alpha value is -6.55. The van der Waals surface area contributed by atoms with Gasteiger partial charge in [0, 0.05) is 0 Å². The van der Waals surface area contributed by atoms with Crippen LogP contribution in [0.25, 0.3) is 11.1 Å². The molecule has 1 heterocycles. The van der Waals surface area contributed by atoms with E-state index in [0.717, 1.165) is 4.90 Å². The number of hydrogen-bond acceptors (Lipinski definition) is 8. The van der Waals surface area contributed by atoms with Crippen molar-refractivity contribution in [3.05, 3.63) is 160 Å². The van der Waals surface area contributed by atoms with E-state index in [1.807, 2.05) is 60.7 Å². The predicted molar refractivity (Wildman–Crippen MR) is 193 cm³/mol. The lowest BCUT2D eigenvalue weighted by Gasteiger charge is -2.39. The van der Waals surface area contributed by atoms with Gasteiger partial charge in [0.25, 0.3) is 5.69 Å². The fraction of sp³-hybridized carbons (Fsp3) is 0.167. The molecule has 0 N–H and O–H groups in total. The molecule has 1 saturated carbocycles. The summed E-state index contributed by atoms with van der Waals surface area (Å²) in [5, 5.41) is 12.5. The van der Waals surface area contributed by atoms with Gasteiger partial charge in [0.2, 0.25) is 11.8 Å². The smallest absolute Gasteiger partial charge is 0.297 e. The van der Waals surface area contributed by atoms with Crippen LogP contribution < -0.4 is 19.1 Å². The third-order valence-corrected chi connectivity index (χ3v) is 10.8. The molecule has 0 spiro atoms. The van der Waals surface area contributed by atoms with Crippen LogP contribution in [0.2, 0.25) is 0 Å². The molecule has 8 rings (SSSR count). The Labute approximate surface area is 299 Å². The molecule has 2 aliphatic carbocycles. The number of benzene rings is 5. The van der Waals surface area contributed by atoms with Crippen molar-refractivity contribution in [3.8, 4) is 17.2 Å². The van der Waals surface area contributed by atoms with Crippen LogP contribution in [0.3, 0.4) is 0 Å². The molecule has 5 aromatic rings. The van der Waals surface area contributed by atoms with Crippen LogP contribution in [-0.4, -0.2) is 43.9 Å². The highest BCUT2D eigenvalue weighted by atomic mass is 16.6. The molecule has 0 aromatic heterocycles. The number of carbonyl (C=O) groups is 3. The molecule has 5 aromatic carbocycles. The maximum atomic E-state index is 16.1. The Bertz CT molecular complexity index is 2180. The third-order valence-electron chi connectivity index (χ3n) is 10.8. The van der Waals surface area contributed by atoms with E-state index in [4.69, 9.17) is 14.2 Å². The van der Waals surface area contributed by atoms with Crippen molar-refractivity contribution in [2.45, 2.75) is 10.8 Å². The van der Waals surface area contributed by atoms with E-state index < -0.39 is 45.1 Å². The van der Waals surface area contributed by atoms with Crippen molar-refractivity contribution in [1.29, 1.82) is 0 Å². The Balaban J connectivity index is 1.53. The summed E-state index contributed by atoms with van der Waals surface area (Å²) in [6.45, 7) is 0. The Morgan fingerprint density at radius 2 is 0.981 bits per heavy atom. The molecule has 4 atom stereocenters. The van der Waals surface area contributed by atoms with Crippen molar-refractivity contribution >= 4 is 40.1 Å². The summed E-state index contributed by atoms with van der Waals surface area (Å²) >= 11 is 0. The molecular weight excluding hydrogens is 660 g/mol. The number of Topliss-reactive ketones (excluding diaryl/α,β-unsaturated/α-hetero) is 1. The van der Waals surface area contributed by atoms with Gasteiger partial charge in [-0.2, -0.15) is 0 Å². The van der Waals surface area contributed by atoms with Crippen LogP contribution in [-0.2, 0) is 25.2 Å². The van der Waals surface area contributed by atoms with Crippen LogP contribution in [0.1, 0.15) is 22.3 Å². The Morgan fingerprint density at radius 3 is 1.37 bits per heavy atom. The summed E-state index contributed by atoms with van der Waals surface area (Å²) in [4.78, 5) is 59.3. The van der Waals surface area contributed by atoms with E-state index in [-0.39, 0.29) is 17.2 Å². The van der Waals surface area contributed by atoms with Gasteiger partial charge < -0.3 is 14.2 Å². The first-order chi connectivity index (χ1) is 25.2. The van der Waals surface area contributed by atoms with E-state index in [1.165, 1.54) is 25.3 Å². The molecular formula is C42H32N2O8. The zero-order chi connectivity index (χ0) is 36.4. The minimum absolute atomic E-state index is 0.189. The van der Waals surface area contributed by atoms with Crippen LogP contribution >= 0.6 is 0 Å². The normalized spacial score (nSPS) is 23.2. The minimum Gasteiger partial charge on any atom is -0.497 e. The van der Waals surface area contributed by atoms with Crippen LogP contribution in [0.15, 0.2) is 127 Å². The molecule has 0 unspecified atom stereocenters. The third kappa shape index (κ3) is 4.21. The van der Waals surface area contributed by atoms with Gasteiger partial charge in [0.05, 0.1) is 55.0 Å². The molecule has 2 fully saturated rings. The summed E-state index contributed by atoms with van der Waals surface area (Å²) in [5.41, 5.74) is -0.482. The molecule has 0 radical (unpaired) electrons. The number of methoxy groups -OCH3 is 3. The number of nitro groups is 1. The molecule has 10 heteroatoms. The number of fused-ring (bicyclic) bond motifs is 5. The fourth-order valence-electron chi connectivity index (χ4n) is 8.84. The van der Waals surface area contributed by atoms with Crippen LogP contribution in [0, 0.1) is 22.0 Å². The largest absolute Gasteiger partial charge is 0.497 e. The maximum Gasteiger partial charge on any atom is 0.297 e. The molecule has 1 saturated heterocycles. The summed E-state index contributed by atoms with van der Waals surface area (Å²) in [7, 11) is 4.50. The summed E-state index contributed by atoms with van der Waals surface area (Å²) in [5.74, 6) is -2.83. The lowest BCUT2D eigenvalue weighted by atomic mass is 9.59. The highest BCUT2D eigenvalue weighted by Gasteiger charge is 2.83. The fourth-order valence-corrected chi connectivity index (χ4v) is 8.84. The van der Waals surface area contributed by atoms with Crippen LogP contribution in [0.4, 0.5) is 11.4 Å². The van der Waals surface area contributed by atoms with Gasteiger partial charge in [-0.05, 0) is 69.8 Å². The Kier molecular flexibility index (Phi) is 7.56. The van der Waals surface area contributed by atoms with Gasteiger partial charge in [-0.15, -0.1) is 0 Å². The quantitative estimate of drug-likeness (QED) is 0.0938. The standard InChI is InChI=1S/C42H32N2O8/c1-50-29-18-14-25(15-19-29)34-35(26-16-20-30(51-2)21-17-26)42(28-12-8-5-9-13-28)37-36(41(34,40(42)47)27-10-6-4-7-11-27)38(45)43(39(37)46)32-23-22-31(52-3)24-33(32)44(48)49/h4-24,36-37H,1-3H3/t36-,37+,41+,42-. The highest BCUT2D eigenvalue weighted by Crippen LogP contribution is 2.74. The molecule has 2 bridgehead atoms. The number of anilines is 1. The first kappa shape index (κ1) is 32.6. The van der Waals surface area contributed by atoms with E-state index in [0.29, 0.717) is 44.9 Å². The van der Waals surface area contributed by atoms with Crippen LogP contribution in [0.5, 0.6) is 17.2 Å². The molecule has 258 valence electrons. The zero-order valence-corrected chi connectivity index (χ0v) is 28.4. The zero-order valence-electron chi connectivity index (χ0n) is 28.4. The van der Waals surface area contributed by atoms with Gasteiger partial charge in [0.1, 0.15) is 22.9 Å². The predicted octanol–water partition coefficient (Wildman–Crippen LogP) is 6.81. The number of amides is 2. The van der Waals surface area contributed by atoms with Gasteiger partial charge in [-0.25, -0.2) is 4.90 Å². The van der Waals surface area contributed by atoms with Crippen molar-refractivity contribution in [2.75, 3.05) is 26.2 Å². The number of nitro benzene ring substituents is 1. The summed E-state index contributed by atoms with van der Waals surface area (Å²) in [6.07, 6.45) is 0. The molecule has 10 nitrogen and oxygen atoms in total. The number of imide groups is 1. The maximum absolute atomic E-state index is 16.1. The van der Waals surface area contributed by atoms with Gasteiger partial charge in [-0.1, -0.05) is 84.9 Å². The second-order valence-electron chi connectivity index (χ2n) is 13.0. The monoisotopic (exact) mass is 692 g/mol. The number of ether oxygens (including phenoxy) is 3. The SMILES string of the molecule is COc1ccc(C2=C(c3ccc(OC)cc3)[C@]3(c4ccccc4)C(=O)[C@@]2(c2ccccc2)[C@@H]2C(=O)N(c4ccc(OC)cc4[N+](=O)[O-])C(=O)[C@@H]23)cc1. The van der Waals surface area contributed by atoms with Crippen molar-refractivity contribution < 1.29 is 33.5 Å². The molecule has 52 heavy (non-hydrogen) atoms. The first-order valence-electron chi connectivity index (χ1n) is 16.6. The molecule has 1 aliphatic heterocycles.